The van der Waals surface area contributed by atoms with Gasteiger partial charge < -0.3 is 0 Å². The number of hydrogen-bond acceptors (Lipinski definition) is 3. The fourth-order valence-corrected chi connectivity index (χ4v) is 3.18. The number of carbonyl (C=O) groups excluding carboxylic acids is 1. The van der Waals surface area contributed by atoms with Gasteiger partial charge in [-0.1, -0.05) is 13.3 Å². The maximum atomic E-state index is 12.8. The third-order valence-corrected chi connectivity index (χ3v) is 4.60. The van der Waals surface area contributed by atoms with Gasteiger partial charge in [-0.15, -0.1) is 0 Å². The monoisotopic (exact) mass is 342 g/mol. The molecule has 0 saturated carbocycles. The number of nitrogens with one attached hydrogen (secondary N) is 1. The second-order valence-corrected chi connectivity index (χ2v) is 6.36. The maximum Gasteiger partial charge on any atom is 0.328 e. The lowest BCUT2D eigenvalue weighted by Gasteiger charge is -2.04. The molecular formula is C18H22N4O3. The summed E-state index contributed by atoms with van der Waals surface area (Å²) in [6.45, 7) is 4.37. The summed E-state index contributed by atoms with van der Waals surface area (Å²) in [5, 5.41) is 2.84. The van der Waals surface area contributed by atoms with Gasteiger partial charge in [-0.3, -0.25) is 28.5 Å². The zero-order valence-corrected chi connectivity index (χ0v) is 14.9. The topological polar surface area (TPSA) is 81.8 Å². The van der Waals surface area contributed by atoms with Gasteiger partial charge >= 0.3 is 5.69 Å². The average molecular weight is 342 g/mol. The first-order valence-electron chi connectivity index (χ1n) is 8.36. The number of hydrogen-bond donors (Lipinski definition) is 1. The standard InChI is InChI=1S/C18H22N4O3/c1-5-6-9-22-14-10-12(7-8-13(14)20(3)18(22)25)16(23)15-11(2)19-21(4)17(15)24/h7-8,10,19H,5-6,9H2,1-4H3. The number of imidazole rings is 1. The van der Waals surface area contributed by atoms with Crippen molar-refractivity contribution >= 4 is 16.8 Å². The molecule has 132 valence electrons. The fraction of sp³-hybridized carbons (Fsp3) is 0.389. The molecule has 1 aromatic carbocycles. The molecule has 0 atom stereocenters. The second kappa shape index (κ2) is 6.23. The first kappa shape index (κ1) is 17.0. The largest absolute Gasteiger partial charge is 0.328 e. The van der Waals surface area contributed by atoms with Crippen molar-refractivity contribution in [3.05, 3.63) is 55.9 Å². The lowest BCUT2D eigenvalue weighted by Crippen LogP contribution is -2.22. The number of H-pyrrole nitrogens is 1. The SMILES string of the molecule is CCCCn1c(=O)n(C)c2ccc(C(=O)c3c(C)[nH]n(C)c3=O)cc21. The molecule has 3 rings (SSSR count). The molecule has 0 aliphatic heterocycles. The van der Waals surface area contributed by atoms with Crippen LogP contribution in [-0.4, -0.2) is 24.7 Å². The molecule has 0 amide bonds. The number of nitrogens with zero attached hydrogens (tertiary/aromatic N) is 3. The van der Waals surface area contributed by atoms with Crippen LogP contribution >= 0.6 is 0 Å². The van der Waals surface area contributed by atoms with Gasteiger partial charge in [0.25, 0.3) is 5.56 Å². The summed E-state index contributed by atoms with van der Waals surface area (Å²) in [5.41, 5.74) is 2.13. The number of aromatic amines is 1. The highest BCUT2D eigenvalue weighted by Crippen LogP contribution is 2.18. The minimum absolute atomic E-state index is 0.0956. The van der Waals surface area contributed by atoms with Crippen LogP contribution in [0.2, 0.25) is 0 Å². The molecule has 0 radical (unpaired) electrons. The summed E-state index contributed by atoms with van der Waals surface area (Å²) in [6, 6.07) is 5.14. The van der Waals surface area contributed by atoms with Gasteiger partial charge in [0.05, 0.1) is 11.0 Å². The number of ketones is 1. The van der Waals surface area contributed by atoms with Crippen molar-refractivity contribution in [2.24, 2.45) is 14.1 Å². The molecule has 2 aromatic heterocycles. The highest BCUT2D eigenvalue weighted by molar-refractivity contribution is 6.10. The Kier molecular flexibility index (Phi) is 4.24. The maximum absolute atomic E-state index is 12.8. The van der Waals surface area contributed by atoms with E-state index < -0.39 is 0 Å². The van der Waals surface area contributed by atoms with E-state index in [9.17, 15) is 14.4 Å². The van der Waals surface area contributed by atoms with Crippen molar-refractivity contribution in [3.63, 3.8) is 0 Å². The van der Waals surface area contributed by atoms with E-state index in [-0.39, 0.29) is 22.6 Å². The Bertz CT molecular complexity index is 1080. The predicted octanol–water partition coefficient (Wildman–Crippen LogP) is 1.71. The van der Waals surface area contributed by atoms with E-state index in [1.165, 1.54) is 4.68 Å². The summed E-state index contributed by atoms with van der Waals surface area (Å²) < 4.78 is 4.57. The smallest absolute Gasteiger partial charge is 0.299 e. The molecule has 0 bridgehead atoms. The molecule has 7 nitrogen and oxygen atoms in total. The molecule has 0 saturated heterocycles. The Hall–Kier alpha value is -2.83. The molecule has 7 heteroatoms. The molecule has 0 spiro atoms. The minimum Gasteiger partial charge on any atom is -0.299 e. The number of rotatable bonds is 5. The normalized spacial score (nSPS) is 11.4. The van der Waals surface area contributed by atoms with Crippen LogP contribution in [0.1, 0.15) is 41.4 Å². The lowest BCUT2D eigenvalue weighted by molar-refractivity contribution is 0.103. The third kappa shape index (κ3) is 2.65. The highest BCUT2D eigenvalue weighted by Gasteiger charge is 2.20. The van der Waals surface area contributed by atoms with E-state index in [1.807, 2.05) is 0 Å². The van der Waals surface area contributed by atoms with E-state index >= 15 is 0 Å². The van der Waals surface area contributed by atoms with Crippen molar-refractivity contribution in [1.29, 1.82) is 0 Å². The molecule has 0 aliphatic carbocycles. The first-order chi connectivity index (χ1) is 11.9. The van der Waals surface area contributed by atoms with Gasteiger partial charge in [0.2, 0.25) is 5.78 Å². The lowest BCUT2D eigenvalue weighted by atomic mass is 10.0. The number of aromatic nitrogens is 4. The van der Waals surface area contributed by atoms with Crippen molar-refractivity contribution < 1.29 is 4.79 Å². The van der Waals surface area contributed by atoms with E-state index in [0.717, 1.165) is 23.9 Å². The molecular weight excluding hydrogens is 320 g/mol. The van der Waals surface area contributed by atoms with Gasteiger partial charge in [0.1, 0.15) is 5.56 Å². The van der Waals surface area contributed by atoms with Crippen LogP contribution in [0.5, 0.6) is 0 Å². The summed E-state index contributed by atoms with van der Waals surface area (Å²) in [4.78, 5) is 37.5. The molecule has 0 unspecified atom stereocenters. The summed E-state index contributed by atoms with van der Waals surface area (Å²) in [6.07, 6.45) is 1.86. The van der Waals surface area contributed by atoms with Crippen LogP contribution < -0.4 is 11.2 Å². The van der Waals surface area contributed by atoms with Crippen molar-refractivity contribution in [1.82, 2.24) is 18.9 Å². The molecule has 0 fully saturated rings. The number of benzene rings is 1. The Balaban J connectivity index is 2.16. The van der Waals surface area contributed by atoms with E-state index in [0.29, 0.717) is 17.8 Å². The summed E-state index contributed by atoms with van der Waals surface area (Å²) in [7, 11) is 3.30. The third-order valence-electron chi connectivity index (χ3n) is 4.60. The molecule has 0 aliphatic rings. The molecule has 2 heterocycles. The number of carbonyl (C=O) groups is 1. The van der Waals surface area contributed by atoms with E-state index in [1.54, 1.807) is 48.4 Å². The number of aryl methyl sites for hydroxylation is 4. The van der Waals surface area contributed by atoms with Crippen LogP contribution in [-0.2, 0) is 20.6 Å². The van der Waals surface area contributed by atoms with Gasteiger partial charge in [-0.2, -0.15) is 0 Å². The summed E-state index contributed by atoms with van der Waals surface area (Å²) in [5.74, 6) is -0.334. The quantitative estimate of drug-likeness (QED) is 0.717. The van der Waals surface area contributed by atoms with Gasteiger partial charge in [-0.05, 0) is 31.5 Å². The second-order valence-electron chi connectivity index (χ2n) is 6.36. The molecule has 1 N–H and O–H groups in total. The molecule has 25 heavy (non-hydrogen) atoms. The Labute approximate surface area is 144 Å². The van der Waals surface area contributed by atoms with Crippen LogP contribution in [0.4, 0.5) is 0 Å². The highest BCUT2D eigenvalue weighted by atomic mass is 16.2. The summed E-state index contributed by atoms with van der Waals surface area (Å²) >= 11 is 0. The van der Waals surface area contributed by atoms with Gasteiger partial charge in [0, 0.05) is 31.9 Å². The van der Waals surface area contributed by atoms with E-state index in [4.69, 9.17) is 0 Å². The minimum atomic E-state index is -0.348. The Morgan fingerprint density at radius 1 is 1.16 bits per heavy atom. The number of unbranched alkanes of at least 4 members (excludes halogenated alkanes) is 1. The fourth-order valence-electron chi connectivity index (χ4n) is 3.18. The van der Waals surface area contributed by atoms with Crippen molar-refractivity contribution in [2.45, 2.75) is 33.2 Å². The van der Waals surface area contributed by atoms with Crippen LogP contribution in [0.25, 0.3) is 11.0 Å². The van der Waals surface area contributed by atoms with Gasteiger partial charge in [-0.25, -0.2) is 4.79 Å². The Morgan fingerprint density at radius 3 is 2.48 bits per heavy atom. The zero-order valence-electron chi connectivity index (χ0n) is 14.9. The van der Waals surface area contributed by atoms with Crippen LogP contribution in [0, 0.1) is 6.92 Å². The van der Waals surface area contributed by atoms with Crippen LogP contribution in [0.3, 0.4) is 0 Å². The van der Waals surface area contributed by atoms with E-state index in [2.05, 4.69) is 12.0 Å². The predicted molar refractivity (Wildman–Crippen MR) is 96.3 cm³/mol. The number of fused-ring (bicyclic) bond motifs is 1. The zero-order chi connectivity index (χ0) is 18.3. The van der Waals surface area contributed by atoms with Crippen molar-refractivity contribution in [2.75, 3.05) is 0 Å². The van der Waals surface area contributed by atoms with Crippen LogP contribution in [0.15, 0.2) is 27.8 Å². The first-order valence-corrected chi connectivity index (χ1v) is 8.36. The molecule has 3 aromatic rings. The average Bonchev–Trinajstić information content (AvgIpc) is 2.98. The van der Waals surface area contributed by atoms with Crippen molar-refractivity contribution in [3.8, 4) is 0 Å². The Morgan fingerprint density at radius 2 is 1.88 bits per heavy atom. The van der Waals surface area contributed by atoms with Gasteiger partial charge in [0.15, 0.2) is 0 Å².